The molecule has 3 aromatic heterocycles. The Balaban J connectivity index is 2.06. The molecular weight excluding hydrogens is 575 g/mol. The maximum atomic E-state index is 14.4. The van der Waals surface area contributed by atoms with E-state index >= 15 is 0 Å². The van der Waals surface area contributed by atoms with Gasteiger partial charge < -0.3 is 19.4 Å². The minimum Gasteiger partial charge on any atom is -0.494 e. The van der Waals surface area contributed by atoms with Gasteiger partial charge in [0, 0.05) is 37.1 Å². The number of rotatable bonds is 9. The second-order valence-corrected chi connectivity index (χ2v) is 8.82. The maximum Gasteiger partial charge on any atom is 0.414 e. The van der Waals surface area contributed by atoms with Gasteiger partial charge in [-0.3, -0.25) is 4.98 Å². The van der Waals surface area contributed by atoms with E-state index in [0.29, 0.717) is 17.8 Å². The van der Waals surface area contributed by atoms with Gasteiger partial charge >= 0.3 is 24.6 Å². The minimum absolute atomic E-state index is 0.0143. The van der Waals surface area contributed by atoms with Gasteiger partial charge in [0.2, 0.25) is 0 Å². The second kappa shape index (κ2) is 12.0. The van der Waals surface area contributed by atoms with Gasteiger partial charge in [-0.25, -0.2) is 14.8 Å². The molecule has 0 spiro atoms. The highest BCUT2D eigenvalue weighted by atomic mass is 19.4. The van der Waals surface area contributed by atoms with Crippen LogP contribution in [0.2, 0.25) is 0 Å². The smallest absolute Gasteiger partial charge is 0.414 e. The molecule has 2 amide bonds. The molecule has 1 unspecified atom stereocenters. The van der Waals surface area contributed by atoms with E-state index in [1.165, 1.54) is 24.8 Å². The van der Waals surface area contributed by atoms with E-state index in [2.05, 4.69) is 15.0 Å². The number of urea groups is 1. The molecule has 0 saturated heterocycles. The number of hydrogen-bond donors (Lipinski definition) is 1. The Kier molecular flexibility index (Phi) is 9.27. The summed E-state index contributed by atoms with van der Waals surface area (Å²) in [4.78, 5) is 25.2. The van der Waals surface area contributed by atoms with Crippen molar-refractivity contribution >= 4 is 11.7 Å². The molecule has 17 heteroatoms. The number of fused-ring (bicyclic) bond motifs is 1. The molecule has 2 atom stereocenters. The van der Waals surface area contributed by atoms with Gasteiger partial charge in [-0.05, 0) is 25.8 Å². The Morgan fingerprint density at radius 1 is 1.07 bits per heavy atom. The molecule has 0 aromatic carbocycles. The summed E-state index contributed by atoms with van der Waals surface area (Å²) >= 11 is 0. The van der Waals surface area contributed by atoms with E-state index in [-0.39, 0.29) is 21.9 Å². The molecule has 0 bridgehead atoms. The van der Waals surface area contributed by atoms with Crippen molar-refractivity contribution in [2.45, 2.75) is 63.7 Å². The zero-order valence-electron chi connectivity index (χ0n) is 21.8. The Morgan fingerprint density at radius 3 is 2.29 bits per heavy atom. The summed E-state index contributed by atoms with van der Waals surface area (Å²) in [7, 11) is 1.24. The van der Waals surface area contributed by atoms with Gasteiger partial charge in [0.1, 0.15) is 11.8 Å². The third-order valence-corrected chi connectivity index (χ3v) is 6.08. The zero-order valence-corrected chi connectivity index (χ0v) is 21.8. The predicted molar refractivity (Wildman–Crippen MR) is 127 cm³/mol. The fourth-order valence-corrected chi connectivity index (χ4v) is 4.14. The summed E-state index contributed by atoms with van der Waals surface area (Å²) in [5.41, 5.74) is 0.426. The number of halogens is 9. The Morgan fingerprint density at radius 2 is 1.76 bits per heavy atom. The fourth-order valence-electron chi connectivity index (χ4n) is 4.14. The highest BCUT2D eigenvalue weighted by Crippen LogP contribution is 2.40. The average molecular weight is 600 g/mol. The van der Waals surface area contributed by atoms with Crippen molar-refractivity contribution in [2.24, 2.45) is 0 Å². The number of ether oxygens (including phenoxy) is 1. The summed E-state index contributed by atoms with van der Waals surface area (Å²) in [6, 6.07) is -6.83. The van der Waals surface area contributed by atoms with Crippen molar-refractivity contribution in [3.63, 3.8) is 0 Å². The van der Waals surface area contributed by atoms with E-state index in [4.69, 9.17) is 4.74 Å². The molecule has 0 aliphatic heterocycles. The third kappa shape index (κ3) is 7.49. The maximum absolute atomic E-state index is 14.4. The number of aromatic nitrogens is 4. The molecule has 0 aliphatic carbocycles. The van der Waals surface area contributed by atoms with Crippen LogP contribution in [0.15, 0.2) is 30.9 Å². The summed E-state index contributed by atoms with van der Waals surface area (Å²) in [6.07, 6.45) is -13.2. The van der Waals surface area contributed by atoms with Crippen LogP contribution in [0.1, 0.15) is 44.1 Å². The SMILES string of the molecule is CCc1nc(-c2cc([C@H](N(CC)C(=O)NC(CCC(F)(F)F)C(F)(F)F)C(F)(F)F)ncc2OC)cn2ccnc12. The van der Waals surface area contributed by atoms with Crippen LogP contribution in [0.5, 0.6) is 5.75 Å². The van der Waals surface area contributed by atoms with Gasteiger partial charge in [-0.15, -0.1) is 0 Å². The van der Waals surface area contributed by atoms with Crippen LogP contribution in [0.3, 0.4) is 0 Å². The normalized spacial score (nSPS) is 14.1. The monoisotopic (exact) mass is 600 g/mol. The van der Waals surface area contributed by atoms with Crippen LogP contribution in [-0.4, -0.2) is 68.5 Å². The summed E-state index contributed by atoms with van der Waals surface area (Å²) in [5.74, 6) is 0.0143. The van der Waals surface area contributed by atoms with Gasteiger partial charge in [-0.2, -0.15) is 39.5 Å². The Hall–Kier alpha value is -3.79. The number of nitrogens with one attached hydrogen (secondary N) is 1. The Labute approximate surface area is 227 Å². The third-order valence-electron chi connectivity index (χ3n) is 6.08. The number of nitrogens with zero attached hydrogens (tertiary/aromatic N) is 5. The van der Waals surface area contributed by atoms with E-state index in [1.54, 1.807) is 17.5 Å². The molecule has 3 aromatic rings. The zero-order chi connectivity index (χ0) is 30.8. The van der Waals surface area contributed by atoms with Crippen molar-refractivity contribution in [1.29, 1.82) is 0 Å². The average Bonchev–Trinajstić information content (AvgIpc) is 3.35. The van der Waals surface area contributed by atoms with Gasteiger partial charge in [0.25, 0.3) is 0 Å². The molecule has 41 heavy (non-hydrogen) atoms. The van der Waals surface area contributed by atoms with Crippen LogP contribution < -0.4 is 10.1 Å². The standard InChI is InChI=1S/C24H25F9N6O2/c1-4-14-20-34-8-9-38(20)12-16(36-14)13-10-15(35-11-17(13)41-3)19(24(31,32)33)39(5-2)21(40)37-18(23(28,29)30)6-7-22(25,26)27/h8-12,18-19H,4-7H2,1-3H3,(H,37,40)/t18?,19-/m0/s1. The molecule has 0 saturated carbocycles. The molecule has 8 nitrogen and oxygen atoms in total. The van der Waals surface area contributed by atoms with Crippen molar-refractivity contribution in [2.75, 3.05) is 13.7 Å². The first-order chi connectivity index (χ1) is 19.0. The molecule has 0 aliphatic rings. The van der Waals surface area contributed by atoms with E-state index in [0.717, 1.165) is 19.2 Å². The highest BCUT2D eigenvalue weighted by molar-refractivity contribution is 5.75. The van der Waals surface area contributed by atoms with Crippen molar-refractivity contribution in [3.05, 3.63) is 42.2 Å². The van der Waals surface area contributed by atoms with Crippen molar-refractivity contribution in [3.8, 4) is 17.0 Å². The first kappa shape index (κ1) is 31.7. The quantitative estimate of drug-likeness (QED) is 0.293. The summed E-state index contributed by atoms with van der Waals surface area (Å²) in [5, 5.41) is 1.29. The molecule has 0 fully saturated rings. The summed E-state index contributed by atoms with van der Waals surface area (Å²) < 4.78 is 128. The summed E-state index contributed by atoms with van der Waals surface area (Å²) in [6.45, 7) is 2.10. The first-order valence-electron chi connectivity index (χ1n) is 12.1. The lowest BCUT2D eigenvalue weighted by Crippen LogP contribution is -2.53. The molecular formula is C24H25F9N6O2. The lowest BCUT2D eigenvalue weighted by molar-refractivity contribution is -0.182. The molecule has 3 heterocycles. The van der Waals surface area contributed by atoms with E-state index < -0.39 is 61.7 Å². The minimum atomic E-state index is -5.35. The van der Waals surface area contributed by atoms with Crippen LogP contribution in [-0.2, 0) is 6.42 Å². The lowest BCUT2D eigenvalue weighted by Gasteiger charge is -2.34. The van der Waals surface area contributed by atoms with Crippen LogP contribution in [0.4, 0.5) is 44.3 Å². The van der Waals surface area contributed by atoms with Crippen LogP contribution >= 0.6 is 0 Å². The number of aryl methyl sites for hydroxylation is 1. The number of carbonyl (C=O) groups is 1. The highest BCUT2D eigenvalue weighted by Gasteiger charge is 2.49. The number of carbonyl (C=O) groups excluding carboxylic acids is 1. The molecule has 226 valence electrons. The largest absolute Gasteiger partial charge is 0.494 e. The lowest BCUT2D eigenvalue weighted by atomic mass is 10.1. The molecule has 1 N–H and O–H groups in total. The number of hydrogen-bond acceptors (Lipinski definition) is 5. The van der Waals surface area contributed by atoms with Crippen molar-refractivity contribution < 1.29 is 49.0 Å². The number of amides is 2. The second-order valence-electron chi connectivity index (χ2n) is 8.82. The van der Waals surface area contributed by atoms with Gasteiger partial charge in [0.15, 0.2) is 11.7 Å². The van der Waals surface area contributed by atoms with E-state index in [1.807, 2.05) is 0 Å². The molecule has 0 radical (unpaired) electrons. The van der Waals surface area contributed by atoms with Crippen LogP contribution in [0.25, 0.3) is 16.9 Å². The van der Waals surface area contributed by atoms with Crippen LogP contribution in [0, 0.1) is 0 Å². The van der Waals surface area contributed by atoms with Crippen molar-refractivity contribution in [1.82, 2.24) is 29.6 Å². The molecule has 3 rings (SSSR count). The van der Waals surface area contributed by atoms with Gasteiger partial charge in [-0.1, -0.05) is 6.92 Å². The topological polar surface area (TPSA) is 84.7 Å². The number of methoxy groups -OCH3 is 1. The first-order valence-corrected chi connectivity index (χ1v) is 12.1. The van der Waals surface area contributed by atoms with E-state index in [9.17, 15) is 44.3 Å². The number of alkyl halides is 9. The van der Waals surface area contributed by atoms with Gasteiger partial charge in [0.05, 0.1) is 30.4 Å². The fraction of sp³-hybridized carbons (Fsp3) is 0.500. The number of pyridine rings is 1. The number of imidazole rings is 1. The Bertz CT molecular complexity index is 1350. The predicted octanol–water partition coefficient (Wildman–Crippen LogP) is 6.27.